The van der Waals surface area contributed by atoms with Crippen LogP contribution in [-0.2, 0) is 0 Å². The van der Waals surface area contributed by atoms with E-state index in [-0.39, 0.29) is 6.04 Å². The average Bonchev–Trinajstić information content (AvgIpc) is 3.16. The SMILES string of the molecule is Cc1ccc2oc(N3CCCCC3c3ccn[nH]3)nc2c1. The highest BCUT2D eigenvalue weighted by atomic mass is 16.4. The van der Waals surface area contributed by atoms with Crippen LogP contribution < -0.4 is 4.90 Å². The van der Waals surface area contributed by atoms with Crippen molar-refractivity contribution < 1.29 is 4.42 Å². The van der Waals surface area contributed by atoms with Crippen molar-refractivity contribution in [2.75, 3.05) is 11.4 Å². The van der Waals surface area contributed by atoms with Gasteiger partial charge in [0.1, 0.15) is 5.52 Å². The van der Waals surface area contributed by atoms with Crippen molar-refractivity contribution in [3.05, 3.63) is 41.7 Å². The number of fused-ring (bicyclic) bond motifs is 1. The molecule has 1 N–H and O–H groups in total. The molecule has 0 aliphatic carbocycles. The minimum atomic E-state index is 0.274. The third-order valence-corrected chi connectivity index (χ3v) is 4.16. The zero-order valence-electron chi connectivity index (χ0n) is 12.0. The number of benzene rings is 1. The van der Waals surface area contributed by atoms with Crippen molar-refractivity contribution in [3.8, 4) is 0 Å². The summed E-state index contributed by atoms with van der Waals surface area (Å²) in [5.74, 6) is 0. The predicted octanol–water partition coefficient (Wildman–Crippen LogP) is 3.59. The summed E-state index contributed by atoms with van der Waals surface area (Å²) in [5, 5.41) is 7.17. The fourth-order valence-corrected chi connectivity index (χ4v) is 3.08. The number of aryl methyl sites for hydroxylation is 1. The maximum absolute atomic E-state index is 5.97. The van der Waals surface area contributed by atoms with Crippen LogP contribution in [0.15, 0.2) is 34.9 Å². The molecule has 0 radical (unpaired) electrons. The topological polar surface area (TPSA) is 58.0 Å². The third-order valence-electron chi connectivity index (χ3n) is 4.16. The molecular weight excluding hydrogens is 264 g/mol. The number of aromatic nitrogens is 3. The summed E-state index contributed by atoms with van der Waals surface area (Å²) in [4.78, 5) is 6.94. The Kier molecular flexibility index (Phi) is 2.91. The van der Waals surface area contributed by atoms with Crippen molar-refractivity contribution in [1.29, 1.82) is 0 Å². The Balaban J connectivity index is 1.74. The molecule has 1 saturated heterocycles. The van der Waals surface area contributed by atoms with E-state index < -0.39 is 0 Å². The number of piperidine rings is 1. The number of oxazole rings is 1. The minimum absolute atomic E-state index is 0.274. The molecule has 0 saturated carbocycles. The normalized spacial score (nSPS) is 19.3. The van der Waals surface area contributed by atoms with Gasteiger partial charge in [-0.15, -0.1) is 0 Å². The van der Waals surface area contributed by atoms with Gasteiger partial charge in [0.2, 0.25) is 0 Å². The molecule has 1 atom stereocenters. The maximum atomic E-state index is 5.97. The molecule has 1 aliphatic rings. The van der Waals surface area contributed by atoms with E-state index in [1.165, 1.54) is 18.4 Å². The largest absolute Gasteiger partial charge is 0.423 e. The lowest BCUT2D eigenvalue weighted by molar-refractivity contribution is 0.427. The Labute approximate surface area is 123 Å². The van der Waals surface area contributed by atoms with Crippen LogP contribution in [0.3, 0.4) is 0 Å². The lowest BCUT2D eigenvalue weighted by Gasteiger charge is -2.33. The Bertz CT molecular complexity index is 747. The van der Waals surface area contributed by atoms with Gasteiger partial charge in [-0.25, -0.2) is 0 Å². The molecule has 21 heavy (non-hydrogen) atoms. The molecule has 5 heteroatoms. The lowest BCUT2D eigenvalue weighted by atomic mass is 10.00. The van der Waals surface area contributed by atoms with Crippen molar-refractivity contribution >= 4 is 17.1 Å². The number of nitrogens with one attached hydrogen (secondary N) is 1. The number of anilines is 1. The predicted molar refractivity (Wildman–Crippen MR) is 81.3 cm³/mol. The molecule has 3 aromatic rings. The molecule has 0 amide bonds. The first kappa shape index (κ1) is 12.4. The van der Waals surface area contributed by atoms with Gasteiger partial charge >= 0.3 is 0 Å². The summed E-state index contributed by atoms with van der Waals surface area (Å²) in [7, 11) is 0. The van der Waals surface area contributed by atoms with E-state index in [1.54, 1.807) is 6.20 Å². The first-order valence-electron chi connectivity index (χ1n) is 7.44. The van der Waals surface area contributed by atoms with E-state index in [0.717, 1.165) is 35.8 Å². The zero-order valence-corrected chi connectivity index (χ0v) is 12.0. The van der Waals surface area contributed by atoms with Crippen molar-refractivity contribution in [3.63, 3.8) is 0 Å². The summed E-state index contributed by atoms with van der Waals surface area (Å²) in [6, 6.07) is 9.15. The molecule has 108 valence electrons. The van der Waals surface area contributed by atoms with Crippen LogP contribution in [0.4, 0.5) is 6.01 Å². The quantitative estimate of drug-likeness (QED) is 0.780. The molecule has 1 aliphatic heterocycles. The van der Waals surface area contributed by atoms with Gasteiger partial charge in [0, 0.05) is 12.7 Å². The van der Waals surface area contributed by atoms with E-state index in [1.807, 2.05) is 12.1 Å². The van der Waals surface area contributed by atoms with Gasteiger partial charge < -0.3 is 9.32 Å². The van der Waals surface area contributed by atoms with Crippen LogP contribution in [0.5, 0.6) is 0 Å². The zero-order chi connectivity index (χ0) is 14.2. The van der Waals surface area contributed by atoms with Crippen LogP contribution >= 0.6 is 0 Å². The second-order valence-corrected chi connectivity index (χ2v) is 5.68. The van der Waals surface area contributed by atoms with Gasteiger partial charge in [-0.2, -0.15) is 10.1 Å². The van der Waals surface area contributed by atoms with Gasteiger partial charge in [0.25, 0.3) is 6.01 Å². The van der Waals surface area contributed by atoms with Crippen LogP contribution in [0.2, 0.25) is 0 Å². The third kappa shape index (κ3) is 2.18. The standard InChI is InChI=1S/C16H18N4O/c1-11-5-6-15-13(10-11)18-16(21-15)20-9-3-2-4-14(20)12-7-8-17-19-12/h5-8,10,14H,2-4,9H2,1H3,(H,17,19). The number of nitrogens with zero attached hydrogens (tertiary/aromatic N) is 3. The van der Waals surface area contributed by atoms with E-state index in [2.05, 4.69) is 39.1 Å². The number of hydrogen-bond acceptors (Lipinski definition) is 4. The van der Waals surface area contributed by atoms with Gasteiger partial charge in [0.15, 0.2) is 5.58 Å². The van der Waals surface area contributed by atoms with Crippen LogP contribution in [-0.4, -0.2) is 21.7 Å². The summed E-state index contributed by atoms with van der Waals surface area (Å²) < 4.78 is 5.97. The van der Waals surface area contributed by atoms with Crippen LogP contribution in [0, 0.1) is 6.92 Å². The number of H-pyrrole nitrogens is 1. The molecule has 4 rings (SSSR count). The Morgan fingerprint density at radius 1 is 1.29 bits per heavy atom. The van der Waals surface area contributed by atoms with E-state index >= 15 is 0 Å². The number of hydrogen-bond donors (Lipinski definition) is 1. The van der Waals surface area contributed by atoms with E-state index in [9.17, 15) is 0 Å². The van der Waals surface area contributed by atoms with Gasteiger partial charge in [0.05, 0.1) is 11.7 Å². The Morgan fingerprint density at radius 3 is 3.10 bits per heavy atom. The van der Waals surface area contributed by atoms with Crippen LogP contribution in [0.25, 0.3) is 11.1 Å². The summed E-state index contributed by atoms with van der Waals surface area (Å²) in [5.41, 5.74) is 4.11. The number of aromatic amines is 1. The van der Waals surface area contributed by atoms with Gasteiger partial charge in [-0.05, 0) is 49.9 Å². The lowest BCUT2D eigenvalue weighted by Crippen LogP contribution is -2.33. The number of rotatable bonds is 2. The van der Waals surface area contributed by atoms with Gasteiger partial charge in [-0.1, -0.05) is 6.07 Å². The second-order valence-electron chi connectivity index (χ2n) is 5.68. The monoisotopic (exact) mass is 282 g/mol. The average molecular weight is 282 g/mol. The second kappa shape index (κ2) is 4.91. The molecule has 0 spiro atoms. The first-order chi connectivity index (χ1) is 10.3. The summed E-state index contributed by atoms with van der Waals surface area (Å²) in [6.07, 6.45) is 5.29. The van der Waals surface area contributed by atoms with Gasteiger partial charge in [-0.3, -0.25) is 5.10 Å². The van der Waals surface area contributed by atoms with E-state index in [0.29, 0.717) is 0 Å². The molecular formula is C16H18N4O. The Hall–Kier alpha value is -2.30. The van der Waals surface area contributed by atoms with Crippen molar-refractivity contribution in [2.24, 2.45) is 0 Å². The molecule has 5 nitrogen and oxygen atoms in total. The van der Waals surface area contributed by atoms with Crippen molar-refractivity contribution in [1.82, 2.24) is 15.2 Å². The molecule has 1 unspecified atom stereocenters. The van der Waals surface area contributed by atoms with Crippen LogP contribution in [0.1, 0.15) is 36.6 Å². The fraction of sp³-hybridized carbons (Fsp3) is 0.375. The Morgan fingerprint density at radius 2 is 2.24 bits per heavy atom. The minimum Gasteiger partial charge on any atom is -0.423 e. The molecule has 2 aromatic heterocycles. The molecule has 1 fully saturated rings. The molecule has 1 aromatic carbocycles. The molecule has 3 heterocycles. The summed E-state index contributed by atoms with van der Waals surface area (Å²) >= 11 is 0. The highest BCUT2D eigenvalue weighted by Crippen LogP contribution is 2.35. The molecule has 0 bridgehead atoms. The van der Waals surface area contributed by atoms with E-state index in [4.69, 9.17) is 4.42 Å². The maximum Gasteiger partial charge on any atom is 0.298 e. The summed E-state index contributed by atoms with van der Waals surface area (Å²) in [6.45, 7) is 3.04. The highest BCUT2D eigenvalue weighted by molar-refractivity contribution is 5.75. The first-order valence-corrected chi connectivity index (χ1v) is 7.44. The fourth-order valence-electron chi connectivity index (χ4n) is 3.08. The smallest absolute Gasteiger partial charge is 0.298 e. The highest BCUT2D eigenvalue weighted by Gasteiger charge is 2.28. The van der Waals surface area contributed by atoms with Crippen molar-refractivity contribution in [2.45, 2.75) is 32.2 Å².